The van der Waals surface area contributed by atoms with Crippen LogP contribution < -0.4 is 26.6 Å². The smallest absolute Gasteiger partial charge is 0.315 e. The predicted molar refractivity (Wildman–Crippen MR) is 138 cm³/mol. The maximum absolute atomic E-state index is 14.0. The molecule has 0 spiro atoms. The van der Waals surface area contributed by atoms with E-state index in [1.165, 1.54) is 23.0 Å². The lowest BCUT2D eigenvalue weighted by atomic mass is 9.91. The second kappa shape index (κ2) is 10.6. The number of fused-ring (bicyclic) bond motifs is 1. The van der Waals surface area contributed by atoms with Crippen LogP contribution in [0.2, 0.25) is 0 Å². The molecule has 0 radical (unpaired) electrons. The monoisotopic (exact) mass is 509 g/mol. The highest BCUT2D eigenvalue weighted by atomic mass is 19.1. The van der Waals surface area contributed by atoms with Crippen LogP contribution in [0.3, 0.4) is 0 Å². The van der Waals surface area contributed by atoms with Crippen LogP contribution in [0.1, 0.15) is 62.9 Å². The van der Waals surface area contributed by atoms with E-state index < -0.39 is 11.7 Å². The van der Waals surface area contributed by atoms with E-state index in [1.54, 1.807) is 0 Å². The number of halogens is 1. The first-order chi connectivity index (χ1) is 17.9. The SMILES string of the molecule is CC(C)NC(=O)N[C@H]1CC[C@H](Nc2cc(NC3CC3)c3ncc(C(=O)Nc4ccncc4F)n3n2)CC1. The number of rotatable bonds is 8. The molecule has 0 aliphatic heterocycles. The second-order valence-electron chi connectivity index (χ2n) is 10.0. The average Bonchev–Trinajstić information content (AvgIpc) is 3.56. The van der Waals surface area contributed by atoms with Gasteiger partial charge in [-0.25, -0.2) is 18.7 Å². The molecule has 2 aliphatic rings. The zero-order valence-electron chi connectivity index (χ0n) is 20.9. The fraction of sp³-hybridized carbons (Fsp3) is 0.480. The zero-order chi connectivity index (χ0) is 25.9. The second-order valence-corrected chi connectivity index (χ2v) is 10.0. The minimum absolute atomic E-state index is 0.0352. The van der Waals surface area contributed by atoms with Crippen molar-refractivity contribution in [1.29, 1.82) is 0 Å². The standard InChI is InChI=1S/C25H32FN9O2/c1-14(2)29-25(37)32-17-7-5-16(6-8-17)31-22-11-20(30-15-3-4-15)23-28-13-21(35(23)34-22)24(36)33-19-9-10-27-12-18(19)26/h9-17,30H,3-8H2,1-2H3,(H,31,34)(H,27,33,36)(H2,29,32,37)/t16-,17-. The lowest BCUT2D eigenvalue weighted by Crippen LogP contribution is -2.46. The zero-order valence-corrected chi connectivity index (χ0v) is 20.9. The molecule has 12 heteroatoms. The summed E-state index contributed by atoms with van der Waals surface area (Å²) in [6.45, 7) is 3.87. The van der Waals surface area contributed by atoms with Gasteiger partial charge in [-0.15, -0.1) is 5.10 Å². The molecular weight excluding hydrogens is 477 g/mol. The Kier molecular flexibility index (Phi) is 7.06. The molecule has 5 rings (SSSR count). The Balaban J connectivity index is 1.31. The van der Waals surface area contributed by atoms with E-state index in [-0.39, 0.29) is 35.5 Å². The molecule has 3 amide bonds. The van der Waals surface area contributed by atoms with Crippen LogP contribution in [0.5, 0.6) is 0 Å². The van der Waals surface area contributed by atoms with Crippen molar-refractivity contribution in [2.24, 2.45) is 0 Å². The summed E-state index contributed by atoms with van der Waals surface area (Å²) in [5, 5.41) is 20.1. The maximum Gasteiger partial charge on any atom is 0.315 e. The van der Waals surface area contributed by atoms with Crippen LogP contribution >= 0.6 is 0 Å². The van der Waals surface area contributed by atoms with E-state index in [2.05, 4.69) is 41.7 Å². The molecule has 3 aromatic heterocycles. The van der Waals surface area contributed by atoms with Gasteiger partial charge >= 0.3 is 6.03 Å². The van der Waals surface area contributed by atoms with Crippen LogP contribution in [0.25, 0.3) is 5.65 Å². The summed E-state index contributed by atoms with van der Waals surface area (Å²) < 4.78 is 15.5. The summed E-state index contributed by atoms with van der Waals surface area (Å²) in [4.78, 5) is 33.2. The lowest BCUT2D eigenvalue weighted by Gasteiger charge is -2.30. The van der Waals surface area contributed by atoms with E-state index in [0.29, 0.717) is 17.5 Å². The normalized spacial score (nSPS) is 19.5. The van der Waals surface area contributed by atoms with Crippen molar-refractivity contribution in [2.45, 2.75) is 76.5 Å². The number of hydrogen-bond acceptors (Lipinski definition) is 7. The number of imidazole rings is 1. The summed E-state index contributed by atoms with van der Waals surface area (Å²) in [6, 6.07) is 3.97. The predicted octanol–water partition coefficient (Wildman–Crippen LogP) is 3.52. The lowest BCUT2D eigenvalue weighted by molar-refractivity contribution is 0.102. The van der Waals surface area contributed by atoms with E-state index in [9.17, 15) is 14.0 Å². The van der Waals surface area contributed by atoms with Crippen molar-refractivity contribution >= 4 is 34.8 Å². The van der Waals surface area contributed by atoms with Gasteiger partial charge in [0, 0.05) is 36.4 Å². The largest absolute Gasteiger partial charge is 0.379 e. The number of nitrogens with zero attached hydrogens (tertiary/aromatic N) is 4. The van der Waals surface area contributed by atoms with Gasteiger partial charge in [0.1, 0.15) is 5.82 Å². The minimum Gasteiger partial charge on any atom is -0.379 e. The van der Waals surface area contributed by atoms with Crippen molar-refractivity contribution in [2.75, 3.05) is 16.0 Å². The van der Waals surface area contributed by atoms with Crippen LogP contribution in [-0.2, 0) is 0 Å². The van der Waals surface area contributed by atoms with Gasteiger partial charge in [0.05, 0.1) is 23.8 Å². The summed E-state index contributed by atoms with van der Waals surface area (Å²) >= 11 is 0. The first-order valence-electron chi connectivity index (χ1n) is 12.8. The molecule has 3 aromatic rings. The summed E-state index contributed by atoms with van der Waals surface area (Å²) in [7, 11) is 0. The van der Waals surface area contributed by atoms with Gasteiger partial charge in [-0.05, 0) is 58.4 Å². The fourth-order valence-electron chi connectivity index (χ4n) is 4.49. The van der Waals surface area contributed by atoms with Gasteiger partial charge in [0.25, 0.3) is 5.91 Å². The van der Waals surface area contributed by atoms with E-state index in [0.717, 1.165) is 50.4 Å². The highest BCUT2D eigenvalue weighted by Gasteiger charge is 2.26. The van der Waals surface area contributed by atoms with E-state index in [1.807, 2.05) is 19.9 Å². The summed E-state index contributed by atoms with van der Waals surface area (Å²) in [5.41, 5.74) is 1.54. The molecule has 2 fully saturated rings. The van der Waals surface area contributed by atoms with Crippen LogP contribution in [-0.4, -0.2) is 55.7 Å². The first kappa shape index (κ1) is 24.7. The fourth-order valence-corrected chi connectivity index (χ4v) is 4.49. The molecule has 2 aliphatic carbocycles. The molecule has 0 saturated heterocycles. The topological polar surface area (TPSA) is 137 Å². The highest BCUT2D eigenvalue weighted by Crippen LogP contribution is 2.30. The third kappa shape index (κ3) is 6.07. The Morgan fingerprint density at radius 1 is 1.00 bits per heavy atom. The summed E-state index contributed by atoms with van der Waals surface area (Å²) in [5.74, 6) is -0.527. The highest BCUT2D eigenvalue weighted by molar-refractivity contribution is 6.03. The van der Waals surface area contributed by atoms with Crippen LogP contribution in [0.15, 0.2) is 30.7 Å². The molecule has 2 saturated carbocycles. The number of hydrogen-bond donors (Lipinski definition) is 5. The molecule has 37 heavy (non-hydrogen) atoms. The minimum atomic E-state index is -0.622. The number of pyridine rings is 1. The number of aromatic nitrogens is 4. The Morgan fingerprint density at radius 3 is 2.41 bits per heavy atom. The number of carbonyl (C=O) groups excluding carboxylic acids is 2. The Morgan fingerprint density at radius 2 is 1.70 bits per heavy atom. The van der Waals surface area contributed by atoms with Crippen molar-refractivity contribution in [3.63, 3.8) is 0 Å². The molecule has 0 atom stereocenters. The van der Waals surface area contributed by atoms with Crippen molar-refractivity contribution in [3.8, 4) is 0 Å². The first-order valence-corrected chi connectivity index (χ1v) is 12.8. The van der Waals surface area contributed by atoms with E-state index in [4.69, 9.17) is 0 Å². The Hall–Kier alpha value is -3.96. The molecule has 5 N–H and O–H groups in total. The van der Waals surface area contributed by atoms with E-state index >= 15 is 0 Å². The Labute approximate surface area is 214 Å². The van der Waals surface area contributed by atoms with Gasteiger partial charge in [-0.1, -0.05) is 0 Å². The molecule has 0 bridgehead atoms. The van der Waals surface area contributed by atoms with Gasteiger partial charge in [0.15, 0.2) is 17.2 Å². The van der Waals surface area contributed by atoms with Crippen molar-refractivity contribution < 1.29 is 14.0 Å². The number of anilines is 3. The quantitative estimate of drug-likeness (QED) is 0.313. The summed E-state index contributed by atoms with van der Waals surface area (Å²) in [6.07, 6.45) is 9.51. The molecule has 3 heterocycles. The Bertz CT molecular complexity index is 1280. The molecule has 0 aromatic carbocycles. The van der Waals surface area contributed by atoms with Crippen molar-refractivity contribution in [1.82, 2.24) is 30.2 Å². The number of urea groups is 1. The van der Waals surface area contributed by atoms with Crippen molar-refractivity contribution in [3.05, 3.63) is 42.2 Å². The average molecular weight is 510 g/mol. The van der Waals surface area contributed by atoms with Gasteiger partial charge < -0.3 is 26.6 Å². The molecule has 11 nitrogen and oxygen atoms in total. The molecular formula is C25H32FN9O2. The number of nitrogens with one attached hydrogen (secondary N) is 5. The number of carbonyl (C=O) groups is 2. The third-order valence-corrected chi connectivity index (χ3v) is 6.49. The third-order valence-electron chi connectivity index (χ3n) is 6.49. The van der Waals surface area contributed by atoms with Crippen LogP contribution in [0, 0.1) is 5.82 Å². The van der Waals surface area contributed by atoms with Gasteiger partial charge in [0.2, 0.25) is 0 Å². The van der Waals surface area contributed by atoms with Gasteiger partial charge in [-0.3, -0.25) is 9.78 Å². The van der Waals surface area contributed by atoms with Crippen LogP contribution in [0.4, 0.5) is 26.4 Å². The maximum atomic E-state index is 14.0. The molecule has 196 valence electrons. The molecule has 0 unspecified atom stereocenters. The van der Waals surface area contributed by atoms with Gasteiger partial charge in [-0.2, -0.15) is 0 Å². The number of amides is 3.